The topological polar surface area (TPSA) is 72.5 Å². The normalized spacial score (nSPS) is 10.8. The molecule has 0 aliphatic heterocycles. The van der Waals surface area contributed by atoms with E-state index in [9.17, 15) is 0 Å². The van der Waals surface area contributed by atoms with Gasteiger partial charge in [0.25, 0.3) is 0 Å². The minimum Gasteiger partial charge on any atom is -0.383 e. The fraction of sp³-hybridized carbons (Fsp3) is 0.0769. The van der Waals surface area contributed by atoms with Crippen LogP contribution in [0.15, 0.2) is 36.5 Å². The fourth-order valence-corrected chi connectivity index (χ4v) is 2.27. The average molecular weight is 274 g/mol. The van der Waals surface area contributed by atoms with Crippen molar-refractivity contribution < 1.29 is 0 Å². The molecule has 0 atom stereocenters. The van der Waals surface area contributed by atoms with Crippen molar-refractivity contribution in [1.29, 1.82) is 0 Å². The van der Waals surface area contributed by atoms with Gasteiger partial charge in [-0.25, -0.2) is 0 Å². The highest BCUT2D eigenvalue weighted by atomic mass is 35.5. The molecule has 0 bridgehead atoms. The van der Waals surface area contributed by atoms with Gasteiger partial charge < -0.3 is 5.73 Å². The van der Waals surface area contributed by atoms with Gasteiger partial charge in [-0.2, -0.15) is 10.2 Å². The Kier molecular flexibility index (Phi) is 2.76. The molecule has 2 aromatic heterocycles. The predicted molar refractivity (Wildman–Crippen MR) is 75.6 cm³/mol. The van der Waals surface area contributed by atoms with Crippen molar-refractivity contribution in [2.75, 3.05) is 5.73 Å². The maximum Gasteiger partial charge on any atom is 0.130 e. The number of halogens is 1. The lowest BCUT2D eigenvalue weighted by Gasteiger charge is -2.05. The van der Waals surface area contributed by atoms with Crippen LogP contribution in [0.3, 0.4) is 0 Å². The van der Waals surface area contributed by atoms with Gasteiger partial charge in [0.2, 0.25) is 0 Å². The average Bonchev–Trinajstić information content (AvgIpc) is 3.01. The number of aromatic nitrogens is 4. The summed E-state index contributed by atoms with van der Waals surface area (Å²) < 4.78 is 1.63. The molecular weight excluding hydrogens is 262 g/mol. The smallest absolute Gasteiger partial charge is 0.130 e. The van der Waals surface area contributed by atoms with E-state index in [2.05, 4.69) is 15.3 Å². The van der Waals surface area contributed by atoms with Crippen molar-refractivity contribution in [3.63, 3.8) is 0 Å². The molecule has 2 heterocycles. The zero-order valence-electron chi connectivity index (χ0n) is 10.3. The Morgan fingerprint density at radius 1 is 1.26 bits per heavy atom. The third kappa shape index (κ3) is 1.88. The number of hydrogen-bond acceptors (Lipinski definition) is 3. The van der Waals surface area contributed by atoms with Crippen LogP contribution in [0.5, 0.6) is 0 Å². The minimum absolute atomic E-state index is 0.567. The van der Waals surface area contributed by atoms with Crippen molar-refractivity contribution >= 4 is 17.4 Å². The van der Waals surface area contributed by atoms with Crippen LogP contribution in [0, 0.1) is 0 Å². The predicted octanol–water partition coefficient (Wildman–Crippen LogP) is 2.71. The van der Waals surface area contributed by atoms with Crippen molar-refractivity contribution in [2.24, 2.45) is 7.05 Å². The van der Waals surface area contributed by atoms with Crippen LogP contribution in [-0.4, -0.2) is 20.0 Å². The summed E-state index contributed by atoms with van der Waals surface area (Å²) in [5.41, 5.74) is 9.34. The zero-order chi connectivity index (χ0) is 13.4. The number of anilines is 1. The van der Waals surface area contributed by atoms with Crippen LogP contribution in [-0.2, 0) is 7.05 Å². The zero-order valence-corrected chi connectivity index (χ0v) is 11.0. The summed E-state index contributed by atoms with van der Waals surface area (Å²) in [4.78, 5) is 0. The standard InChI is InChI=1S/C13H12ClN5/c1-19-13(15)11(8-4-2-3-5-9(8)14)12(18-19)10-6-7-16-17-10/h2-7H,15H2,1H3,(H,16,17). The van der Waals surface area contributed by atoms with E-state index in [0.717, 1.165) is 22.5 Å². The molecule has 0 saturated carbocycles. The van der Waals surface area contributed by atoms with Gasteiger partial charge in [0.15, 0.2) is 0 Å². The number of nitrogen functional groups attached to an aromatic ring is 1. The molecule has 0 amide bonds. The number of H-pyrrole nitrogens is 1. The van der Waals surface area contributed by atoms with Crippen LogP contribution in [0.2, 0.25) is 5.02 Å². The molecule has 3 N–H and O–H groups in total. The molecule has 19 heavy (non-hydrogen) atoms. The maximum atomic E-state index is 6.25. The van der Waals surface area contributed by atoms with Gasteiger partial charge in [0.05, 0.1) is 11.3 Å². The molecule has 6 heteroatoms. The quantitative estimate of drug-likeness (QED) is 0.754. The van der Waals surface area contributed by atoms with Crippen LogP contribution < -0.4 is 5.73 Å². The van der Waals surface area contributed by atoms with Gasteiger partial charge in [-0.1, -0.05) is 29.8 Å². The summed E-state index contributed by atoms with van der Waals surface area (Å²) in [7, 11) is 1.80. The Morgan fingerprint density at radius 3 is 2.74 bits per heavy atom. The van der Waals surface area contributed by atoms with E-state index >= 15 is 0 Å². The summed E-state index contributed by atoms with van der Waals surface area (Å²) in [6.07, 6.45) is 1.68. The third-order valence-electron chi connectivity index (χ3n) is 2.99. The SMILES string of the molecule is Cn1nc(-c2ccn[nH]2)c(-c2ccccc2Cl)c1N. The molecule has 96 valence electrons. The summed E-state index contributed by atoms with van der Waals surface area (Å²) in [6, 6.07) is 9.41. The maximum absolute atomic E-state index is 6.25. The number of nitrogens with zero attached hydrogens (tertiary/aromatic N) is 3. The largest absolute Gasteiger partial charge is 0.383 e. The lowest BCUT2D eigenvalue weighted by Crippen LogP contribution is -1.98. The fourth-order valence-electron chi connectivity index (χ4n) is 2.04. The van der Waals surface area contributed by atoms with E-state index in [1.807, 2.05) is 30.3 Å². The first kappa shape index (κ1) is 11.8. The summed E-state index contributed by atoms with van der Waals surface area (Å²) >= 11 is 6.25. The van der Waals surface area contributed by atoms with E-state index in [1.165, 1.54) is 0 Å². The van der Waals surface area contributed by atoms with Crippen LogP contribution in [0.4, 0.5) is 5.82 Å². The van der Waals surface area contributed by atoms with Crippen molar-refractivity contribution in [3.05, 3.63) is 41.6 Å². The van der Waals surface area contributed by atoms with Gasteiger partial charge in [-0.3, -0.25) is 9.78 Å². The molecule has 3 rings (SSSR count). The minimum atomic E-state index is 0.567. The monoisotopic (exact) mass is 273 g/mol. The highest BCUT2D eigenvalue weighted by Gasteiger charge is 2.19. The lowest BCUT2D eigenvalue weighted by atomic mass is 10.0. The van der Waals surface area contributed by atoms with Crippen molar-refractivity contribution in [2.45, 2.75) is 0 Å². The first-order valence-corrected chi connectivity index (χ1v) is 6.13. The van der Waals surface area contributed by atoms with E-state index in [-0.39, 0.29) is 0 Å². The van der Waals surface area contributed by atoms with E-state index in [1.54, 1.807) is 17.9 Å². The molecule has 0 unspecified atom stereocenters. The molecule has 0 spiro atoms. The highest BCUT2D eigenvalue weighted by Crippen LogP contribution is 2.38. The van der Waals surface area contributed by atoms with Gasteiger partial charge in [0.1, 0.15) is 11.5 Å². The summed E-state index contributed by atoms with van der Waals surface area (Å²) in [5, 5.41) is 11.9. The van der Waals surface area contributed by atoms with E-state index in [0.29, 0.717) is 10.8 Å². The number of nitrogens with two attached hydrogens (primary N) is 1. The Morgan fingerprint density at radius 2 is 2.05 bits per heavy atom. The Balaban J connectivity index is 2.29. The first-order valence-electron chi connectivity index (χ1n) is 5.75. The molecule has 0 radical (unpaired) electrons. The molecule has 0 saturated heterocycles. The molecular formula is C13H12ClN5. The third-order valence-corrected chi connectivity index (χ3v) is 3.32. The number of rotatable bonds is 2. The number of aromatic amines is 1. The molecule has 0 aliphatic rings. The second-order valence-electron chi connectivity index (χ2n) is 4.18. The summed E-state index contributed by atoms with van der Waals surface area (Å²) in [6.45, 7) is 0. The molecule has 0 aliphatic carbocycles. The summed E-state index contributed by atoms with van der Waals surface area (Å²) in [5.74, 6) is 0.567. The Labute approximate surface area is 115 Å². The van der Waals surface area contributed by atoms with Gasteiger partial charge in [-0.05, 0) is 12.1 Å². The molecule has 3 aromatic rings. The highest BCUT2D eigenvalue weighted by molar-refractivity contribution is 6.33. The Hall–Kier alpha value is -2.27. The lowest BCUT2D eigenvalue weighted by molar-refractivity contribution is 0.781. The van der Waals surface area contributed by atoms with Gasteiger partial charge >= 0.3 is 0 Å². The number of benzene rings is 1. The van der Waals surface area contributed by atoms with Crippen LogP contribution >= 0.6 is 11.6 Å². The first-order chi connectivity index (χ1) is 9.18. The second-order valence-corrected chi connectivity index (χ2v) is 4.59. The molecule has 5 nitrogen and oxygen atoms in total. The van der Waals surface area contributed by atoms with Crippen LogP contribution in [0.1, 0.15) is 0 Å². The number of hydrogen-bond donors (Lipinski definition) is 2. The number of aryl methyl sites for hydroxylation is 1. The van der Waals surface area contributed by atoms with Gasteiger partial charge in [0, 0.05) is 23.8 Å². The van der Waals surface area contributed by atoms with Crippen molar-refractivity contribution in [3.8, 4) is 22.5 Å². The number of nitrogens with one attached hydrogen (secondary N) is 1. The second kappa shape index (κ2) is 4.44. The molecule has 0 fully saturated rings. The van der Waals surface area contributed by atoms with E-state index < -0.39 is 0 Å². The van der Waals surface area contributed by atoms with Crippen molar-refractivity contribution in [1.82, 2.24) is 20.0 Å². The Bertz CT molecular complexity index is 715. The van der Waals surface area contributed by atoms with Crippen LogP contribution in [0.25, 0.3) is 22.5 Å². The van der Waals surface area contributed by atoms with E-state index in [4.69, 9.17) is 17.3 Å². The van der Waals surface area contributed by atoms with Gasteiger partial charge in [-0.15, -0.1) is 0 Å². The molecule has 1 aromatic carbocycles.